The quantitative estimate of drug-likeness (QED) is 0.329. The van der Waals surface area contributed by atoms with Crippen LogP contribution in [0.5, 0.6) is 5.75 Å². The highest BCUT2D eigenvalue weighted by Gasteiger charge is 2.77. The Morgan fingerprint density at radius 1 is 1.00 bits per heavy atom. The molecular formula is C36H42N4O3. The van der Waals surface area contributed by atoms with Crippen molar-refractivity contribution in [2.24, 2.45) is 11.3 Å². The molecule has 6 aliphatic rings. The number of phenols is 1. The first-order chi connectivity index (χ1) is 21.0. The van der Waals surface area contributed by atoms with Crippen molar-refractivity contribution >= 4 is 33.2 Å². The first-order valence-electron chi connectivity index (χ1n) is 16.7. The van der Waals surface area contributed by atoms with Gasteiger partial charge < -0.3 is 19.7 Å². The second-order valence-electron chi connectivity index (χ2n) is 14.3. The van der Waals surface area contributed by atoms with Gasteiger partial charge in [-0.25, -0.2) is 0 Å². The number of carbonyl (C=O) groups excluding carboxylic acids is 1. The number of rotatable bonds is 1. The van der Waals surface area contributed by atoms with Gasteiger partial charge in [0.05, 0.1) is 17.3 Å². The highest BCUT2D eigenvalue weighted by atomic mass is 16.6. The maximum Gasteiger partial charge on any atom is 0.133 e. The van der Waals surface area contributed by atoms with Crippen molar-refractivity contribution in [2.45, 2.75) is 88.0 Å². The molecule has 5 bridgehead atoms. The molecule has 1 aliphatic carbocycles. The first-order valence-corrected chi connectivity index (χ1v) is 16.7. The molecule has 7 heterocycles. The predicted octanol–water partition coefficient (Wildman–Crippen LogP) is 6.33. The van der Waals surface area contributed by atoms with Crippen molar-refractivity contribution in [3.8, 4) is 5.75 Å². The number of aromatic hydroxyl groups is 1. The van der Waals surface area contributed by atoms with Crippen molar-refractivity contribution in [1.82, 2.24) is 19.8 Å². The summed E-state index contributed by atoms with van der Waals surface area (Å²) in [4.78, 5) is 27.1. The maximum absolute atomic E-state index is 12.8. The molecular weight excluding hydrogens is 536 g/mol. The summed E-state index contributed by atoms with van der Waals surface area (Å²) in [7, 11) is 0. The Bertz CT molecular complexity index is 1690. The van der Waals surface area contributed by atoms with E-state index in [0.29, 0.717) is 30.6 Å². The number of fused-ring (bicyclic) bond motifs is 4. The van der Waals surface area contributed by atoms with Crippen LogP contribution in [0.1, 0.15) is 76.3 Å². The molecule has 3 aromatic rings. The van der Waals surface area contributed by atoms with E-state index in [4.69, 9.17) is 9.72 Å². The van der Waals surface area contributed by atoms with Crippen LogP contribution in [-0.4, -0.2) is 74.2 Å². The predicted molar refractivity (Wildman–Crippen MR) is 168 cm³/mol. The van der Waals surface area contributed by atoms with E-state index < -0.39 is 5.60 Å². The van der Waals surface area contributed by atoms with Crippen LogP contribution in [0.4, 0.5) is 0 Å². The Labute approximate surface area is 253 Å². The van der Waals surface area contributed by atoms with Crippen molar-refractivity contribution in [3.05, 3.63) is 54.4 Å². The Morgan fingerprint density at radius 2 is 1.93 bits per heavy atom. The molecule has 4 saturated heterocycles. The van der Waals surface area contributed by atoms with Crippen LogP contribution < -0.4 is 0 Å². The Morgan fingerprint density at radius 3 is 2.88 bits per heavy atom. The number of nitrogens with zero attached hydrogens (tertiary/aromatic N) is 3. The van der Waals surface area contributed by atoms with Gasteiger partial charge in [-0.1, -0.05) is 12.2 Å². The Hall–Kier alpha value is -3.00. The number of Topliss-reactive ketones (excluding diaryl/α,β-unsaturated/α-hetero) is 1. The fourth-order valence-electron chi connectivity index (χ4n) is 10.5. The molecule has 224 valence electrons. The minimum absolute atomic E-state index is 0.0554. The zero-order valence-corrected chi connectivity index (χ0v) is 25.0. The minimum Gasteiger partial charge on any atom is -0.508 e. The third-order valence-corrected chi connectivity index (χ3v) is 11.9. The third kappa shape index (κ3) is 3.77. The van der Waals surface area contributed by atoms with E-state index in [1.54, 1.807) is 6.07 Å². The molecule has 7 nitrogen and oxygen atoms in total. The van der Waals surface area contributed by atoms with E-state index in [9.17, 15) is 9.90 Å². The average Bonchev–Trinajstić information content (AvgIpc) is 3.57. The van der Waals surface area contributed by atoms with E-state index in [2.05, 4.69) is 39.1 Å². The molecule has 2 N–H and O–H groups in total. The number of pyridine rings is 1. The summed E-state index contributed by atoms with van der Waals surface area (Å²) >= 11 is 0. The van der Waals surface area contributed by atoms with Crippen LogP contribution >= 0.6 is 0 Å². The van der Waals surface area contributed by atoms with E-state index in [1.807, 2.05) is 18.3 Å². The van der Waals surface area contributed by atoms with Gasteiger partial charge in [0, 0.05) is 53.8 Å². The number of benzene rings is 1. The lowest BCUT2D eigenvalue weighted by Gasteiger charge is -2.59. The number of aromatic amines is 1. The van der Waals surface area contributed by atoms with Crippen LogP contribution in [0.25, 0.3) is 27.4 Å². The molecule has 7 heteroatoms. The van der Waals surface area contributed by atoms with E-state index in [1.165, 1.54) is 18.4 Å². The fraction of sp³-hybridized carbons (Fsp3) is 0.556. The minimum atomic E-state index is -0.410. The lowest BCUT2D eigenvalue weighted by molar-refractivity contribution is -0.180. The topological polar surface area (TPSA) is 81.7 Å². The van der Waals surface area contributed by atoms with Gasteiger partial charge in [-0.3, -0.25) is 14.7 Å². The molecule has 1 spiro atoms. The number of phenolic OH excluding ortho intramolecular Hbond substituents is 1. The summed E-state index contributed by atoms with van der Waals surface area (Å²) in [6.07, 6.45) is 20.0. The van der Waals surface area contributed by atoms with E-state index in [0.717, 1.165) is 98.6 Å². The van der Waals surface area contributed by atoms with Crippen molar-refractivity contribution in [1.29, 1.82) is 0 Å². The molecule has 43 heavy (non-hydrogen) atoms. The van der Waals surface area contributed by atoms with Gasteiger partial charge in [0.15, 0.2) is 0 Å². The number of carbonyl (C=O) groups is 1. The molecule has 2 aromatic heterocycles. The van der Waals surface area contributed by atoms with Gasteiger partial charge in [0.2, 0.25) is 0 Å². The Kier molecular flexibility index (Phi) is 5.83. The van der Waals surface area contributed by atoms with E-state index in [-0.39, 0.29) is 16.9 Å². The van der Waals surface area contributed by atoms with Crippen LogP contribution in [0.2, 0.25) is 0 Å². The van der Waals surface area contributed by atoms with Crippen LogP contribution in [-0.2, 0) is 9.53 Å². The third-order valence-electron chi connectivity index (χ3n) is 11.9. The maximum atomic E-state index is 12.8. The summed E-state index contributed by atoms with van der Waals surface area (Å²) < 4.78 is 7.52. The SMILES string of the molecule is O=C1CCCN2[C@@H]3[C@@]45CN6CCCC/C=C\CC[C@@]3(C=C(c3nccc7c3[nH]c3ccc(O)cc37)[C@@H]4CC6)O[C@]2(CC1)C5. The molecule has 9 rings (SSSR count). The molecule has 6 atom stereocenters. The summed E-state index contributed by atoms with van der Waals surface area (Å²) in [5.74, 6) is 1.06. The molecule has 5 aliphatic heterocycles. The number of hydrogen-bond donors (Lipinski definition) is 2. The molecule has 1 aromatic carbocycles. The largest absolute Gasteiger partial charge is 0.508 e. The normalized spacial score (nSPS) is 38.6. The number of piperidine rings is 1. The fourth-order valence-corrected chi connectivity index (χ4v) is 10.5. The zero-order chi connectivity index (χ0) is 28.8. The molecule has 0 amide bonds. The average molecular weight is 579 g/mol. The molecule has 4 fully saturated rings. The first kappa shape index (κ1) is 26.4. The Balaban J connectivity index is 1.27. The van der Waals surface area contributed by atoms with E-state index >= 15 is 0 Å². The summed E-state index contributed by atoms with van der Waals surface area (Å²) in [5, 5.41) is 12.4. The molecule has 0 saturated carbocycles. The van der Waals surface area contributed by atoms with Gasteiger partial charge in [0.25, 0.3) is 0 Å². The lowest BCUT2D eigenvalue weighted by Crippen LogP contribution is -2.65. The van der Waals surface area contributed by atoms with Gasteiger partial charge in [0.1, 0.15) is 22.9 Å². The number of H-pyrrole nitrogens is 1. The standard InChI is InChI=1S/C36H42N4O3/c41-24-8-7-18-40-33-34-22-36(40,15-11-24)43-35(33)14-5-3-1-2-4-6-17-39(23-34)19-13-29(34)28(21-35)31-32-26(12-16-37-31)27-20-25(42)9-10-30(27)38-32/h1,3,9-10,12,16,20-21,29,33,38,42H,2,4-8,11,13-15,17-19,22-23H2/b3-1-/t29-,33+,34-,35-,36+/m0/s1. The molecule has 1 unspecified atom stereocenters. The number of ether oxygens (including phenoxy) is 1. The van der Waals surface area contributed by atoms with Crippen LogP contribution in [0.3, 0.4) is 0 Å². The number of nitrogens with one attached hydrogen (secondary N) is 1. The van der Waals surface area contributed by atoms with Gasteiger partial charge in [-0.2, -0.15) is 0 Å². The van der Waals surface area contributed by atoms with Gasteiger partial charge >= 0.3 is 0 Å². The van der Waals surface area contributed by atoms with Crippen LogP contribution in [0, 0.1) is 11.3 Å². The summed E-state index contributed by atoms with van der Waals surface area (Å²) in [6.45, 7) is 4.32. The van der Waals surface area contributed by atoms with Gasteiger partial charge in [-0.05, 0) is 113 Å². The second kappa shape index (κ2) is 9.50. The van der Waals surface area contributed by atoms with Crippen molar-refractivity contribution in [2.75, 3.05) is 26.2 Å². The highest BCUT2D eigenvalue weighted by molar-refractivity contribution is 6.10. The number of allylic oxidation sites excluding steroid dienone is 3. The van der Waals surface area contributed by atoms with Gasteiger partial charge in [-0.15, -0.1) is 0 Å². The summed E-state index contributed by atoms with van der Waals surface area (Å²) in [5.41, 5.74) is 3.76. The lowest BCUT2D eigenvalue weighted by atomic mass is 9.53. The molecule has 0 radical (unpaired) electrons. The van der Waals surface area contributed by atoms with Crippen LogP contribution in [0.15, 0.2) is 48.7 Å². The number of aromatic nitrogens is 2. The smallest absolute Gasteiger partial charge is 0.133 e. The second-order valence-corrected chi connectivity index (χ2v) is 14.3. The monoisotopic (exact) mass is 578 g/mol. The summed E-state index contributed by atoms with van der Waals surface area (Å²) in [6, 6.07) is 7.97. The zero-order valence-electron chi connectivity index (χ0n) is 25.0. The van der Waals surface area contributed by atoms with Crippen molar-refractivity contribution in [3.63, 3.8) is 0 Å². The number of ketones is 1. The van der Waals surface area contributed by atoms with Crippen molar-refractivity contribution < 1.29 is 14.6 Å². The highest BCUT2D eigenvalue weighted by Crippen LogP contribution is 2.70. The number of hydrogen-bond acceptors (Lipinski definition) is 6.